The molecule has 6 rings (SSSR count). The molecule has 5 aromatic rings. The van der Waals surface area contributed by atoms with E-state index in [1.54, 1.807) is 48.2 Å². The molecule has 43 heavy (non-hydrogen) atoms. The molecule has 2 aromatic carbocycles. The normalized spacial score (nSPS) is 14.3. The molecule has 0 bridgehead atoms. The Morgan fingerprint density at radius 3 is 2.35 bits per heavy atom. The van der Waals surface area contributed by atoms with Gasteiger partial charge in [0.25, 0.3) is 10.0 Å². The lowest BCUT2D eigenvalue weighted by Crippen LogP contribution is -2.39. The van der Waals surface area contributed by atoms with Gasteiger partial charge in [-0.2, -0.15) is 0 Å². The van der Waals surface area contributed by atoms with Gasteiger partial charge in [0.1, 0.15) is 24.4 Å². The number of esters is 1. The second kappa shape index (κ2) is 11.9. The summed E-state index contributed by atoms with van der Waals surface area (Å²) >= 11 is 0. The van der Waals surface area contributed by atoms with E-state index in [1.165, 1.54) is 16.4 Å². The minimum absolute atomic E-state index is 0.0492. The van der Waals surface area contributed by atoms with Gasteiger partial charge in [-0.05, 0) is 43.5 Å². The Morgan fingerprint density at radius 1 is 0.953 bits per heavy atom. The zero-order chi connectivity index (χ0) is 30.0. The van der Waals surface area contributed by atoms with E-state index in [4.69, 9.17) is 14.5 Å². The highest BCUT2D eigenvalue weighted by Gasteiger charge is 2.30. The predicted octanol–water partition coefficient (Wildman–Crippen LogP) is 4.70. The molecule has 0 aliphatic carbocycles. The van der Waals surface area contributed by atoms with Crippen LogP contribution < -0.4 is 0 Å². The number of amides is 1. The van der Waals surface area contributed by atoms with Crippen LogP contribution in [0.2, 0.25) is 0 Å². The lowest BCUT2D eigenvalue weighted by molar-refractivity contribution is -0.142. The average Bonchev–Trinajstić information content (AvgIpc) is 3.63. The van der Waals surface area contributed by atoms with Crippen LogP contribution in [0.15, 0.2) is 84.0 Å². The van der Waals surface area contributed by atoms with Gasteiger partial charge < -0.3 is 18.9 Å². The molecule has 0 spiro atoms. The molecule has 0 saturated carbocycles. The second-order valence-corrected chi connectivity index (χ2v) is 12.1. The minimum atomic E-state index is -3.90. The summed E-state index contributed by atoms with van der Waals surface area (Å²) in [5, 5.41) is 0.601. The Hall–Kier alpha value is -4.71. The third-order valence-corrected chi connectivity index (χ3v) is 9.28. The number of pyridine rings is 1. The summed E-state index contributed by atoms with van der Waals surface area (Å²) in [6.45, 7) is 3.09. The third-order valence-electron chi connectivity index (χ3n) is 7.60. The lowest BCUT2D eigenvalue weighted by atomic mass is 10.0. The number of imidazole rings is 1. The molecule has 1 saturated heterocycles. The maximum Gasteiger partial charge on any atom is 0.410 e. The molecule has 222 valence electrons. The van der Waals surface area contributed by atoms with Crippen LogP contribution in [0.1, 0.15) is 37.2 Å². The lowest BCUT2D eigenvalue weighted by Gasteiger charge is -2.33. The van der Waals surface area contributed by atoms with Crippen LogP contribution in [-0.4, -0.2) is 63.6 Å². The predicted molar refractivity (Wildman–Crippen MR) is 159 cm³/mol. The van der Waals surface area contributed by atoms with E-state index < -0.39 is 16.0 Å². The molecule has 1 amide bonds. The number of likely N-dealkylation sites (tertiary alicyclic amines) is 1. The Bertz CT molecular complexity index is 1880. The SMILES string of the molecule is CCOC(=O)Cc1nc2cnc3c(ccn3S(=O)(=O)c3ccccc3)c2n1C1CCN(C(=O)OCc2ccccc2)CC1. The van der Waals surface area contributed by atoms with Crippen LogP contribution in [0.25, 0.3) is 22.1 Å². The molecule has 1 aliphatic heterocycles. The van der Waals surface area contributed by atoms with Crippen molar-refractivity contribution in [3.05, 3.63) is 90.5 Å². The number of fused-ring (bicyclic) bond motifs is 3. The summed E-state index contributed by atoms with van der Waals surface area (Å²) in [5.74, 6) is 0.0981. The zero-order valence-corrected chi connectivity index (χ0v) is 24.4. The smallest absolute Gasteiger partial charge is 0.410 e. The molecule has 0 N–H and O–H groups in total. The van der Waals surface area contributed by atoms with Crippen LogP contribution in [0.3, 0.4) is 0 Å². The van der Waals surface area contributed by atoms with E-state index in [0.717, 1.165) is 5.56 Å². The standard InChI is InChI=1S/C31H31N5O6S/c1-2-41-28(37)19-27-33-26-20-32-30-25(15-18-35(30)43(39,40)24-11-7-4-8-12-24)29(26)36(27)23-13-16-34(17-14-23)31(38)42-21-22-9-5-3-6-10-22/h3-12,15,18,20,23H,2,13-14,16-17,19,21H2,1H3. The number of benzene rings is 2. The maximum atomic E-state index is 13.5. The van der Waals surface area contributed by atoms with Crippen molar-refractivity contribution in [2.45, 2.75) is 43.7 Å². The number of hydrogen-bond acceptors (Lipinski definition) is 8. The van der Waals surface area contributed by atoms with Crippen molar-refractivity contribution in [3.63, 3.8) is 0 Å². The van der Waals surface area contributed by atoms with Gasteiger partial charge in [-0.25, -0.2) is 27.2 Å². The number of nitrogens with zero attached hydrogens (tertiary/aromatic N) is 5. The number of aromatic nitrogens is 4. The number of hydrogen-bond donors (Lipinski definition) is 0. The van der Waals surface area contributed by atoms with E-state index in [9.17, 15) is 18.0 Å². The van der Waals surface area contributed by atoms with E-state index in [1.807, 2.05) is 34.9 Å². The number of ether oxygens (including phenoxy) is 2. The Morgan fingerprint density at radius 2 is 1.65 bits per heavy atom. The van der Waals surface area contributed by atoms with Gasteiger partial charge in [0.2, 0.25) is 0 Å². The van der Waals surface area contributed by atoms with Crippen molar-refractivity contribution in [1.82, 2.24) is 23.4 Å². The number of piperidine rings is 1. The Kier molecular flexibility index (Phi) is 7.85. The molecule has 1 aliphatic rings. The monoisotopic (exact) mass is 601 g/mol. The van der Waals surface area contributed by atoms with Gasteiger partial charge in [0.05, 0.1) is 23.2 Å². The molecule has 11 nitrogen and oxygen atoms in total. The van der Waals surface area contributed by atoms with Gasteiger partial charge in [-0.3, -0.25) is 4.79 Å². The van der Waals surface area contributed by atoms with Crippen molar-refractivity contribution in [3.8, 4) is 0 Å². The molecule has 0 radical (unpaired) electrons. The fraction of sp³-hybridized carbons (Fsp3) is 0.290. The zero-order valence-electron chi connectivity index (χ0n) is 23.6. The first-order valence-corrected chi connectivity index (χ1v) is 15.6. The summed E-state index contributed by atoms with van der Waals surface area (Å²) in [4.78, 5) is 36.4. The topological polar surface area (TPSA) is 126 Å². The van der Waals surface area contributed by atoms with Gasteiger partial charge in [-0.1, -0.05) is 48.5 Å². The molecule has 4 heterocycles. The van der Waals surface area contributed by atoms with Gasteiger partial charge in [0, 0.05) is 30.7 Å². The number of carbonyl (C=O) groups is 2. The van der Waals surface area contributed by atoms with E-state index in [2.05, 4.69) is 4.98 Å². The van der Waals surface area contributed by atoms with Crippen LogP contribution >= 0.6 is 0 Å². The molecule has 1 fully saturated rings. The molecular weight excluding hydrogens is 570 g/mol. The van der Waals surface area contributed by atoms with E-state index >= 15 is 0 Å². The van der Waals surface area contributed by atoms with Crippen LogP contribution in [0.5, 0.6) is 0 Å². The third kappa shape index (κ3) is 5.57. The Balaban J connectivity index is 1.33. The van der Waals surface area contributed by atoms with Crippen LogP contribution in [-0.2, 0) is 37.3 Å². The van der Waals surface area contributed by atoms with Crippen LogP contribution in [0.4, 0.5) is 4.79 Å². The van der Waals surface area contributed by atoms with Crippen molar-refractivity contribution >= 4 is 44.2 Å². The van der Waals surface area contributed by atoms with Crippen molar-refractivity contribution in [2.24, 2.45) is 0 Å². The maximum absolute atomic E-state index is 13.5. The summed E-state index contributed by atoms with van der Waals surface area (Å²) < 4.78 is 40.9. The first-order valence-electron chi connectivity index (χ1n) is 14.2. The van der Waals surface area contributed by atoms with Gasteiger partial charge in [0.15, 0.2) is 5.65 Å². The average molecular weight is 602 g/mol. The number of rotatable bonds is 8. The quantitative estimate of drug-likeness (QED) is 0.234. The summed E-state index contributed by atoms with van der Waals surface area (Å²) in [5.41, 5.74) is 2.42. The fourth-order valence-electron chi connectivity index (χ4n) is 5.57. The second-order valence-electron chi connectivity index (χ2n) is 10.3. The largest absolute Gasteiger partial charge is 0.466 e. The first-order chi connectivity index (χ1) is 20.9. The Labute approximate surface area is 248 Å². The van der Waals surface area contributed by atoms with Crippen molar-refractivity contribution in [1.29, 1.82) is 0 Å². The summed E-state index contributed by atoms with van der Waals surface area (Å²) in [6.07, 6.45) is 3.79. The van der Waals surface area contributed by atoms with Crippen molar-refractivity contribution in [2.75, 3.05) is 19.7 Å². The van der Waals surface area contributed by atoms with E-state index in [0.29, 0.717) is 48.2 Å². The fourth-order valence-corrected chi connectivity index (χ4v) is 6.89. The van der Waals surface area contributed by atoms with Crippen molar-refractivity contribution < 1.29 is 27.5 Å². The summed E-state index contributed by atoms with van der Waals surface area (Å²) in [6, 6.07) is 19.3. The van der Waals surface area contributed by atoms with Gasteiger partial charge in [-0.15, -0.1) is 0 Å². The molecule has 0 unspecified atom stereocenters. The molecule has 3 aromatic heterocycles. The van der Waals surface area contributed by atoms with Crippen LogP contribution in [0, 0.1) is 0 Å². The minimum Gasteiger partial charge on any atom is -0.466 e. The first kappa shape index (κ1) is 28.4. The van der Waals surface area contributed by atoms with E-state index in [-0.39, 0.29) is 42.3 Å². The molecular formula is C31H31N5O6S. The number of carbonyl (C=O) groups excluding carboxylic acids is 2. The highest BCUT2D eigenvalue weighted by Crippen LogP contribution is 2.34. The molecule has 12 heteroatoms. The summed E-state index contributed by atoms with van der Waals surface area (Å²) in [7, 11) is -3.90. The molecule has 0 atom stereocenters. The highest BCUT2D eigenvalue weighted by molar-refractivity contribution is 7.90. The highest BCUT2D eigenvalue weighted by atomic mass is 32.2. The van der Waals surface area contributed by atoms with Gasteiger partial charge >= 0.3 is 12.1 Å².